The molecule has 0 fully saturated rings. The van der Waals surface area contributed by atoms with Gasteiger partial charge >= 0.3 is 0 Å². The molecule has 1 heteroatoms. The van der Waals surface area contributed by atoms with Crippen LogP contribution in [0.4, 0.5) is 0 Å². The van der Waals surface area contributed by atoms with Crippen LogP contribution in [-0.4, -0.2) is 0 Å². The maximum absolute atomic E-state index is 3.18. The first-order valence-corrected chi connectivity index (χ1v) is 5.67. The van der Waals surface area contributed by atoms with E-state index < -0.39 is 0 Å². The van der Waals surface area contributed by atoms with Crippen LogP contribution in [0.15, 0.2) is 41.0 Å². The van der Waals surface area contributed by atoms with Gasteiger partial charge < -0.3 is 0 Å². The molecule has 1 aromatic rings. The zero-order valence-corrected chi connectivity index (χ0v) is 8.73. The number of allylic oxidation sites excluding steroid dienone is 2. The Morgan fingerprint density at radius 1 is 1.15 bits per heavy atom. The maximum atomic E-state index is 3.18. The van der Waals surface area contributed by atoms with Crippen molar-refractivity contribution in [2.75, 3.05) is 0 Å². The lowest BCUT2D eigenvalue weighted by atomic mass is 10.4. The Balaban J connectivity index is 2.21. The molecule has 0 bridgehead atoms. The third kappa shape index (κ3) is 1.53. The molecule has 1 atom stereocenters. The zero-order valence-electron chi connectivity index (χ0n) is 7.83. The second-order valence-corrected chi connectivity index (χ2v) is 5.29. The van der Waals surface area contributed by atoms with Crippen LogP contribution in [0.5, 0.6) is 0 Å². The first-order valence-electron chi connectivity index (χ1n) is 4.33. The van der Waals surface area contributed by atoms with Crippen LogP contribution >= 0.6 is 7.92 Å². The molecule has 13 heavy (non-hydrogen) atoms. The molecule has 0 amide bonds. The van der Waals surface area contributed by atoms with Gasteiger partial charge in [0.15, 0.2) is 0 Å². The fourth-order valence-electron chi connectivity index (χ4n) is 1.41. The van der Waals surface area contributed by atoms with E-state index in [2.05, 4.69) is 49.1 Å². The zero-order chi connectivity index (χ0) is 9.26. The molecular formula is C12H11P. The van der Waals surface area contributed by atoms with Gasteiger partial charge in [-0.2, -0.15) is 0 Å². The van der Waals surface area contributed by atoms with Gasteiger partial charge in [-0.15, -0.1) is 5.92 Å². The minimum absolute atomic E-state index is 0.116. The summed E-state index contributed by atoms with van der Waals surface area (Å²) in [5.41, 5.74) is 0. The lowest BCUT2D eigenvalue weighted by Gasteiger charge is -1.97. The molecule has 0 aliphatic carbocycles. The van der Waals surface area contributed by atoms with E-state index in [0.717, 1.165) is 0 Å². The van der Waals surface area contributed by atoms with Gasteiger partial charge in [-0.25, -0.2) is 0 Å². The molecule has 1 aliphatic rings. The fourth-order valence-corrected chi connectivity index (χ4v) is 3.46. The monoisotopic (exact) mass is 186 g/mol. The Hall–Kier alpha value is -1.05. The van der Waals surface area contributed by atoms with E-state index in [1.807, 2.05) is 6.92 Å². The highest BCUT2D eigenvalue weighted by Gasteiger charge is 2.32. The second-order valence-electron chi connectivity index (χ2n) is 2.98. The van der Waals surface area contributed by atoms with Gasteiger partial charge in [0.1, 0.15) is 0 Å². The Kier molecular flexibility index (Phi) is 2.21. The van der Waals surface area contributed by atoms with Crippen LogP contribution in [0, 0.1) is 11.8 Å². The second kappa shape index (κ2) is 3.36. The summed E-state index contributed by atoms with van der Waals surface area (Å²) >= 11 is 0. The standard InChI is InChI=1S/C12H11P/c1-3-7-12-10(2)13(12)11-8-5-4-6-9-11/h4-6,8-9H,1-2H3. The molecule has 0 nitrogen and oxygen atoms in total. The van der Waals surface area contributed by atoms with E-state index in [-0.39, 0.29) is 7.92 Å². The molecule has 2 rings (SSSR count). The molecule has 0 radical (unpaired) electrons. The lowest BCUT2D eigenvalue weighted by Crippen LogP contribution is -1.91. The first kappa shape index (κ1) is 8.54. The average Bonchev–Trinajstić information content (AvgIpc) is 2.79. The highest BCUT2D eigenvalue weighted by molar-refractivity contribution is 7.81. The van der Waals surface area contributed by atoms with Crippen molar-refractivity contribution in [1.82, 2.24) is 0 Å². The van der Waals surface area contributed by atoms with E-state index in [1.165, 1.54) is 15.9 Å². The SMILES string of the molecule is CC#CC1=C(C)P1c1ccccc1. The van der Waals surface area contributed by atoms with Crippen molar-refractivity contribution >= 4 is 13.2 Å². The number of hydrogen-bond donors (Lipinski definition) is 0. The summed E-state index contributed by atoms with van der Waals surface area (Å²) in [7, 11) is -0.116. The molecule has 1 aromatic carbocycles. The summed E-state index contributed by atoms with van der Waals surface area (Å²) in [5, 5.41) is 4.31. The van der Waals surface area contributed by atoms with Crippen LogP contribution in [0.3, 0.4) is 0 Å². The topological polar surface area (TPSA) is 0 Å². The largest absolute Gasteiger partial charge is 0.101 e. The van der Waals surface area contributed by atoms with Gasteiger partial charge in [-0.05, 0) is 32.4 Å². The third-order valence-corrected chi connectivity index (χ3v) is 4.49. The first-order chi connectivity index (χ1) is 6.34. The minimum Gasteiger partial charge on any atom is -0.101 e. The van der Waals surface area contributed by atoms with Crippen molar-refractivity contribution in [1.29, 1.82) is 0 Å². The van der Waals surface area contributed by atoms with Crippen LogP contribution < -0.4 is 5.30 Å². The van der Waals surface area contributed by atoms with Crippen molar-refractivity contribution in [3.8, 4) is 11.8 Å². The van der Waals surface area contributed by atoms with Crippen LogP contribution in [0.2, 0.25) is 0 Å². The van der Waals surface area contributed by atoms with Crippen molar-refractivity contribution in [2.45, 2.75) is 13.8 Å². The van der Waals surface area contributed by atoms with Gasteiger partial charge in [0, 0.05) is 5.31 Å². The molecule has 1 heterocycles. The summed E-state index contributed by atoms with van der Waals surface area (Å²) in [4.78, 5) is 0. The third-order valence-electron chi connectivity index (χ3n) is 2.11. The predicted molar refractivity (Wildman–Crippen MR) is 59.1 cm³/mol. The highest BCUT2D eigenvalue weighted by atomic mass is 31.1. The van der Waals surface area contributed by atoms with Crippen LogP contribution in [-0.2, 0) is 0 Å². The Morgan fingerprint density at radius 3 is 2.46 bits per heavy atom. The Labute approximate surface area is 80.4 Å². The number of benzene rings is 1. The fraction of sp³-hybridized carbons (Fsp3) is 0.167. The Morgan fingerprint density at radius 2 is 1.85 bits per heavy atom. The molecule has 1 aliphatic heterocycles. The quantitative estimate of drug-likeness (QED) is 0.467. The van der Waals surface area contributed by atoms with Gasteiger partial charge in [0.2, 0.25) is 0 Å². The van der Waals surface area contributed by atoms with E-state index in [0.29, 0.717) is 0 Å². The molecule has 0 spiro atoms. The summed E-state index contributed by atoms with van der Waals surface area (Å²) in [5.74, 6) is 6.14. The van der Waals surface area contributed by atoms with Crippen molar-refractivity contribution in [3.05, 3.63) is 41.0 Å². The molecule has 0 saturated heterocycles. The summed E-state index contributed by atoms with van der Waals surface area (Å²) in [6.45, 7) is 4.09. The number of rotatable bonds is 1. The highest BCUT2D eigenvalue weighted by Crippen LogP contribution is 2.67. The van der Waals surface area contributed by atoms with Gasteiger partial charge in [-0.1, -0.05) is 36.3 Å². The normalized spacial score (nSPS) is 19.4. The van der Waals surface area contributed by atoms with E-state index >= 15 is 0 Å². The van der Waals surface area contributed by atoms with Gasteiger partial charge in [0.25, 0.3) is 0 Å². The average molecular weight is 186 g/mol. The van der Waals surface area contributed by atoms with Gasteiger partial charge in [0.05, 0.1) is 0 Å². The maximum Gasteiger partial charge on any atom is 0.0382 e. The molecule has 64 valence electrons. The smallest absolute Gasteiger partial charge is 0.0382 e. The molecule has 1 unspecified atom stereocenters. The number of hydrogen-bond acceptors (Lipinski definition) is 0. The molecule has 0 saturated carbocycles. The van der Waals surface area contributed by atoms with Crippen molar-refractivity contribution in [2.24, 2.45) is 0 Å². The van der Waals surface area contributed by atoms with E-state index in [9.17, 15) is 0 Å². The summed E-state index contributed by atoms with van der Waals surface area (Å²) < 4.78 is 0. The molecular weight excluding hydrogens is 175 g/mol. The summed E-state index contributed by atoms with van der Waals surface area (Å²) in [6, 6.07) is 10.6. The lowest BCUT2D eigenvalue weighted by molar-refractivity contribution is 1.73. The predicted octanol–water partition coefficient (Wildman–Crippen LogP) is 3.06. The van der Waals surface area contributed by atoms with Gasteiger partial charge in [-0.3, -0.25) is 0 Å². The van der Waals surface area contributed by atoms with Crippen LogP contribution in [0.1, 0.15) is 13.8 Å². The van der Waals surface area contributed by atoms with E-state index in [1.54, 1.807) is 0 Å². The van der Waals surface area contributed by atoms with Crippen molar-refractivity contribution in [3.63, 3.8) is 0 Å². The van der Waals surface area contributed by atoms with E-state index in [4.69, 9.17) is 0 Å². The Bertz CT molecular complexity index is 404. The minimum atomic E-state index is -0.116. The van der Waals surface area contributed by atoms with Crippen molar-refractivity contribution < 1.29 is 0 Å². The summed E-state index contributed by atoms with van der Waals surface area (Å²) in [6.07, 6.45) is 0. The molecule has 0 aromatic heterocycles. The van der Waals surface area contributed by atoms with Crippen LogP contribution in [0.25, 0.3) is 0 Å². The molecule has 0 N–H and O–H groups in total.